The van der Waals surface area contributed by atoms with Crippen LogP contribution in [-0.2, 0) is 11.2 Å². The normalized spacial score (nSPS) is 14.3. The van der Waals surface area contributed by atoms with Crippen molar-refractivity contribution < 1.29 is 13.9 Å². The standard InChI is InChI=1S/C14H22FNO2/c1-4-6-12(17-2)11(16)9-10-7-5-8-13(18-3)14(10)15/h5,7-8,11-12H,4,6,9,16H2,1-3H3. The topological polar surface area (TPSA) is 44.5 Å². The Bertz CT molecular complexity index is 371. The fraction of sp³-hybridized carbons (Fsp3) is 0.571. The number of methoxy groups -OCH3 is 2. The molecule has 0 saturated heterocycles. The van der Waals surface area contributed by atoms with Gasteiger partial charge < -0.3 is 15.2 Å². The van der Waals surface area contributed by atoms with Gasteiger partial charge in [-0.25, -0.2) is 4.39 Å². The van der Waals surface area contributed by atoms with Crippen molar-refractivity contribution in [3.63, 3.8) is 0 Å². The quantitative estimate of drug-likeness (QED) is 0.814. The number of rotatable bonds is 7. The maximum absolute atomic E-state index is 14.0. The monoisotopic (exact) mass is 255 g/mol. The number of hydrogen-bond donors (Lipinski definition) is 1. The third-order valence-corrected chi connectivity index (χ3v) is 3.07. The molecule has 0 amide bonds. The highest BCUT2D eigenvalue weighted by Gasteiger charge is 2.19. The van der Waals surface area contributed by atoms with Gasteiger partial charge in [-0.2, -0.15) is 0 Å². The third kappa shape index (κ3) is 3.68. The van der Waals surface area contributed by atoms with E-state index in [0.29, 0.717) is 12.0 Å². The zero-order valence-corrected chi connectivity index (χ0v) is 11.3. The molecule has 0 aliphatic heterocycles. The predicted molar refractivity (Wildman–Crippen MR) is 70.3 cm³/mol. The average Bonchev–Trinajstić information content (AvgIpc) is 2.38. The molecule has 0 aromatic heterocycles. The highest BCUT2D eigenvalue weighted by atomic mass is 19.1. The van der Waals surface area contributed by atoms with Crippen molar-refractivity contribution in [1.29, 1.82) is 0 Å². The third-order valence-electron chi connectivity index (χ3n) is 3.07. The molecule has 0 aliphatic carbocycles. The van der Waals surface area contributed by atoms with E-state index in [1.165, 1.54) is 7.11 Å². The molecule has 2 N–H and O–H groups in total. The first-order valence-corrected chi connectivity index (χ1v) is 6.23. The molecule has 0 bridgehead atoms. The maximum atomic E-state index is 14.0. The smallest absolute Gasteiger partial charge is 0.168 e. The summed E-state index contributed by atoms with van der Waals surface area (Å²) < 4.78 is 24.3. The van der Waals surface area contributed by atoms with E-state index in [9.17, 15) is 4.39 Å². The maximum Gasteiger partial charge on any atom is 0.168 e. The molecule has 0 saturated carbocycles. The van der Waals surface area contributed by atoms with Gasteiger partial charge in [0.25, 0.3) is 0 Å². The van der Waals surface area contributed by atoms with Crippen LogP contribution in [0.3, 0.4) is 0 Å². The average molecular weight is 255 g/mol. The molecule has 2 unspecified atom stereocenters. The van der Waals surface area contributed by atoms with Crippen LogP contribution in [0.2, 0.25) is 0 Å². The summed E-state index contributed by atoms with van der Waals surface area (Å²) in [6.07, 6.45) is 2.28. The van der Waals surface area contributed by atoms with Gasteiger partial charge in [-0.1, -0.05) is 25.5 Å². The van der Waals surface area contributed by atoms with Crippen LogP contribution in [0, 0.1) is 5.82 Å². The van der Waals surface area contributed by atoms with Gasteiger partial charge in [-0.15, -0.1) is 0 Å². The van der Waals surface area contributed by atoms with Crippen LogP contribution in [0.1, 0.15) is 25.3 Å². The summed E-state index contributed by atoms with van der Waals surface area (Å²) in [7, 11) is 3.10. The minimum Gasteiger partial charge on any atom is -0.494 e. The molecule has 0 aliphatic rings. The molecular weight excluding hydrogens is 233 g/mol. The largest absolute Gasteiger partial charge is 0.494 e. The second kappa shape index (κ2) is 7.34. The molecule has 0 heterocycles. The molecule has 2 atom stereocenters. The SMILES string of the molecule is CCCC(OC)C(N)Cc1cccc(OC)c1F. The molecule has 1 aromatic rings. The fourth-order valence-corrected chi connectivity index (χ4v) is 2.05. The summed E-state index contributed by atoms with van der Waals surface area (Å²) >= 11 is 0. The molecule has 18 heavy (non-hydrogen) atoms. The van der Waals surface area contributed by atoms with Crippen LogP contribution < -0.4 is 10.5 Å². The van der Waals surface area contributed by atoms with E-state index >= 15 is 0 Å². The lowest BCUT2D eigenvalue weighted by atomic mass is 9.98. The fourth-order valence-electron chi connectivity index (χ4n) is 2.05. The second-order valence-electron chi connectivity index (χ2n) is 4.36. The van der Waals surface area contributed by atoms with Gasteiger partial charge in [-0.05, 0) is 24.5 Å². The first-order valence-electron chi connectivity index (χ1n) is 6.23. The van der Waals surface area contributed by atoms with E-state index in [4.69, 9.17) is 15.2 Å². The van der Waals surface area contributed by atoms with Crippen molar-refractivity contribution in [2.75, 3.05) is 14.2 Å². The molecule has 1 aromatic carbocycles. The van der Waals surface area contributed by atoms with E-state index < -0.39 is 0 Å². The molecule has 1 rings (SSSR count). The summed E-state index contributed by atoms with van der Waals surface area (Å²) in [5.74, 6) is -0.0778. The van der Waals surface area contributed by atoms with E-state index in [0.717, 1.165) is 12.8 Å². The lowest BCUT2D eigenvalue weighted by molar-refractivity contribution is 0.0724. The Kier molecular flexibility index (Phi) is 6.09. The van der Waals surface area contributed by atoms with Crippen LogP contribution in [0.4, 0.5) is 4.39 Å². The summed E-state index contributed by atoms with van der Waals surface area (Å²) in [4.78, 5) is 0. The zero-order valence-electron chi connectivity index (χ0n) is 11.3. The Hall–Kier alpha value is -1.13. The Labute approximate surface area is 108 Å². The van der Waals surface area contributed by atoms with Crippen LogP contribution in [-0.4, -0.2) is 26.4 Å². The molecule has 0 spiro atoms. The van der Waals surface area contributed by atoms with E-state index in [1.807, 2.05) is 0 Å². The predicted octanol–water partition coefficient (Wildman–Crippen LogP) is 2.52. The van der Waals surface area contributed by atoms with Gasteiger partial charge in [0.2, 0.25) is 0 Å². The Morgan fingerprint density at radius 3 is 2.61 bits per heavy atom. The summed E-state index contributed by atoms with van der Waals surface area (Å²) in [5, 5.41) is 0. The van der Waals surface area contributed by atoms with Gasteiger partial charge in [-0.3, -0.25) is 0 Å². The molecule has 3 nitrogen and oxygen atoms in total. The Morgan fingerprint density at radius 2 is 2.06 bits per heavy atom. The molecule has 4 heteroatoms. The highest BCUT2D eigenvalue weighted by Crippen LogP contribution is 2.22. The van der Waals surface area contributed by atoms with Gasteiger partial charge in [0.1, 0.15) is 0 Å². The summed E-state index contributed by atoms with van der Waals surface area (Å²) in [6, 6.07) is 4.89. The number of ether oxygens (including phenoxy) is 2. The van der Waals surface area contributed by atoms with Crippen LogP contribution in [0.15, 0.2) is 18.2 Å². The first-order chi connectivity index (χ1) is 8.63. The Balaban J connectivity index is 2.77. The molecule has 0 radical (unpaired) electrons. The van der Waals surface area contributed by atoms with Crippen molar-refractivity contribution in [2.24, 2.45) is 5.73 Å². The van der Waals surface area contributed by atoms with Gasteiger partial charge in [0.05, 0.1) is 13.2 Å². The summed E-state index contributed by atoms with van der Waals surface area (Å²) in [6.45, 7) is 2.07. The van der Waals surface area contributed by atoms with E-state index in [-0.39, 0.29) is 23.7 Å². The number of halogens is 1. The lowest BCUT2D eigenvalue weighted by Gasteiger charge is -2.22. The highest BCUT2D eigenvalue weighted by molar-refractivity contribution is 5.31. The van der Waals surface area contributed by atoms with Crippen molar-refractivity contribution in [3.8, 4) is 5.75 Å². The zero-order chi connectivity index (χ0) is 13.5. The van der Waals surface area contributed by atoms with Crippen molar-refractivity contribution >= 4 is 0 Å². The Morgan fingerprint density at radius 1 is 1.33 bits per heavy atom. The van der Waals surface area contributed by atoms with Crippen molar-refractivity contribution in [3.05, 3.63) is 29.6 Å². The molecular formula is C14H22FNO2. The number of benzene rings is 1. The molecule has 0 fully saturated rings. The van der Waals surface area contributed by atoms with E-state index in [2.05, 4.69) is 6.92 Å². The van der Waals surface area contributed by atoms with Crippen molar-refractivity contribution in [1.82, 2.24) is 0 Å². The lowest BCUT2D eigenvalue weighted by Crippen LogP contribution is -2.38. The van der Waals surface area contributed by atoms with Gasteiger partial charge in [0.15, 0.2) is 11.6 Å². The van der Waals surface area contributed by atoms with Crippen LogP contribution in [0.5, 0.6) is 5.75 Å². The van der Waals surface area contributed by atoms with Gasteiger partial charge >= 0.3 is 0 Å². The second-order valence-corrected chi connectivity index (χ2v) is 4.36. The number of hydrogen-bond acceptors (Lipinski definition) is 3. The van der Waals surface area contributed by atoms with Crippen molar-refractivity contribution in [2.45, 2.75) is 38.3 Å². The van der Waals surface area contributed by atoms with Crippen LogP contribution >= 0.6 is 0 Å². The number of nitrogens with two attached hydrogens (primary N) is 1. The minimum absolute atomic E-state index is 0.0411. The first kappa shape index (κ1) is 14.9. The molecule has 102 valence electrons. The minimum atomic E-state index is -0.332. The van der Waals surface area contributed by atoms with E-state index in [1.54, 1.807) is 25.3 Å². The van der Waals surface area contributed by atoms with Gasteiger partial charge in [0, 0.05) is 13.2 Å². The van der Waals surface area contributed by atoms with Crippen LogP contribution in [0.25, 0.3) is 0 Å². The summed E-state index contributed by atoms with van der Waals surface area (Å²) in [5.41, 5.74) is 6.64.